The van der Waals surface area contributed by atoms with Crippen molar-refractivity contribution in [1.82, 2.24) is 10.2 Å². The van der Waals surface area contributed by atoms with Crippen LogP contribution in [0.25, 0.3) is 0 Å². The second-order valence-electron chi connectivity index (χ2n) is 5.61. The number of ether oxygens (including phenoxy) is 1. The molecule has 0 saturated heterocycles. The van der Waals surface area contributed by atoms with E-state index in [1.165, 1.54) is 0 Å². The number of amides is 2. The molecule has 1 aromatic rings. The van der Waals surface area contributed by atoms with Gasteiger partial charge in [-0.3, -0.25) is 4.90 Å². The van der Waals surface area contributed by atoms with Crippen molar-refractivity contribution in [3.05, 3.63) is 47.2 Å². The Balaban J connectivity index is 2.04. The Morgan fingerprint density at radius 3 is 2.59 bits per heavy atom. The van der Waals surface area contributed by atoms with Crippen LogP contribution in [0.5, 0.6) is 0 Å². The van der Waals surface area contributed by atoms with Crippen LogP contribution in [-0.2, 0) is 9.53 Å². The molecule has 0 radical (unpaired) electrons. The van der Waals surface area contributed by atoms with E-state index in [0.29, 0.717) is 17.9 Å². The smallest absolute Gasteiger partial charge is 0.338 e. The Morgan fingerprint density at radius 1 is 1.32 bits per heavy atom. The molecule has 0 aromatic heterocycles. The summed E-state index contributed by atoms with van der Waals surface area (Å²) in [6.45, 7) is 3.93. The minimum Gasteiger partial charge on any atom is -0.463 e. The van der Waals surface area contributed by atoms with Gasteiger partial charge in [0.1, 0.15) is 0 Å². The standard InChI is InChI=1S/C17H20N2O3/c1-3-22-16(20)14-11(2)19(13-9-10-13)17(21)18-15(14)12-7-5-4-6-8-12/h4-8,13,15H,3,9-10H2,1-2H3,(H,18,21)/t15-/m1/s1. The summed E-state index contributed by atoms with van der Waals surface area (Å²) in [6.07, 6.45) is 1.97. The zero-order chi connectivity index (χ0) is 15.7. The number of allylic oxidation sites excluding steroid dienone is 1. The Kier molecular flexibility index (Phi) is 3.88. The van der Waals surface area contributed by atoms with Gasteiger partial charge in [0.15, 0.2) is 0 Å². The SMILES string of the molecule is CCOC(=O)C1=C(C)N(C2CC2)C(=O)N[C@@H]1c1ccccc1. The molecule has 116 valence electrons. The van der Waals surface area contributed by atoms with Crippen molar-refractivity contribution < 1.29 is 14.3 Å². The maximum absolute atomic E-state index is 12.4. The first-order chi connectivity index (χ1) is 10.6. The van der Waals surface area contributed by atoms with Crippen LogP contribution in [0, 0.1) is 0 Å². The lowest BCUT2D eigenvalue weighted by molar-refractivity contribution is -0.139. The zero-order valence-corrected chi connectivity index (χ0v) is 12.8. The average Bonchev–Trinajstić information content (AvgIpc) is 3.32. The molecule has 1 atom stereocenters. The third-order valence-corrected chi connectivity index (χ3v) is 4.07. The molecule has 0 spiro atoms. The van der Waals surface area contributed by atoms with Gasteiger partial charge in [-0.1, -0.05) is 30.3 Å². The lowest BCUT2D eigenvalue weighted by Gasteiger charge is -2.35. The predicted molar refractivity (Wildman–Crippen MR) is 81.9 cm³/mol. The molecule has 22 heavy (non-hydrogen) atoms. The molecular formula is C17H20N2O3. The number of esters is 1. The van der Waals surface area contributed by atoms with E-state index in [-0.39, 0.29) is 18.0 Å². The Bertz CT molecular complexity index is 620. The summed E-state index contributed by atoms with van der Waals surface area (Å²) in [7, 11) is 0. The molecule has 1 aliphatic carbocycles. The van der Waals surface area contributed by atoms with E-state index in [1.807, 2.05) is 37.3 Å². The van der Waals surface area contributed by atoms with Gasteiger partial charge < -0.3 is 10.1 Å². The first-order valence-corrected chi connectivity index (χ1v) is 7.66. The van der Waals surface area contributed by atoms with E-state index in [2.05, 4.69) is 5.32 Å². The number of nitrogens with one attached hydrogen (secondary N) is 1. The number of hydrogen-bond acceptors (Lipinski definition) is 3. The predicted octanol–water partition coefficient (Wildman–Crippen LogP) is 2.75. The molecule has 2 amide bonds. The maximum atomic E-state index is 12.4. The van der Waals surface area contributed by atoms with Crippen molar-refractivity contribution in [2.75, 3.05) is 6.61 Å². The normalized spacial score (nSPS) is 21.6. The van der Waals surface area contributed by atoms with Gasteiger partial charge in [-0.25, -0.2) is 9.59 Å². The third kappa shape index (κ3) is 2.58. The molecule has 1 aromatic carbocycles. The van der Waals surface area contributed by atoms with E-state index in [9.17, 15) is 9.59 Å². The van der Waals surface area contributed by atoms with Crippen molar-refractivity contribution >= 4 is 12.0 Å². The topological polar surface area (TPSA) is 58.6 Å². The summed E-state index contributed by atoms with van der Waals surface area (Å²) < 4.78 is 5.21. The fourth-order valence-corrected chi connectivity index (χ4v) is 2.90. The number of benzene rings is 1. The highest BCUT2D eigenvalue weighted by molar-refractivity contribution is 5.95. The molecule has 1 N–H and O–H groups in total. The van der Waals surface area contributed by atoms with Crippen LogP contribution in [0.1, 0.15) is 38.3 Å². The minimum absolute atomic E-state index is 0.137. The molecule has 2 aliphatic rings. The molecule has 0 unspecified atom stereocenters. The summed E-state index contributed by atoms with van der Waals surface area (Å²) in [5.41, 5.74) is 2.12. The van der Waals surface area contributed by atoms with Crippen LogP contribution >= 0.6 is 0 Å². The highest BCUT2D eigenvalue weighted by Gasteiger charge is 2.42. The van der Waals surface area contributed by atoms with Crippen LogP contribution in [0.3, 0.4) is 0 Å². The Morgan fingerprint density at radius 2 is 2.00 bits per heavy atom. The summed E-state index contributed by atoms with van der Waals surface area (Å²) >= 11 is 0. The van der Waals surface area contributed by atoms with Crippen LogP contribution in [-0.4, -0.2) is 29.5 Å². The van der Waals surface area contributed by atoms with Gasteiger partial charge in [-0.15, -0.1) is 0 Å². The van der Waals surface area contributed by atoms with Gasteiger partial charge in [0.2, 0.25) is 0 Å². The van der Waals surface area contributed by atoms with Gasteiger partial charge in [0, 0.05) is 11.7 Å². The van der Waals surface area contributed by atoms with Gasteiger partial charge in [0.25, 0.3) is 0 Å². The molecule has 1 saturated carbocycles. The van der Waals surface area contributed by atoms with E-state index < -0.39 is 6.04 Å². The van der Waals surface area contributed by atoms with E-state index in [0.717, 1.165) is 18.4 Å². The fraction of sp³-hybridized carbons (Fsp3) is 0.412. The summed E-state index contributed by atoms with van der Waals surface area (Å²) in [5.74, 6) is -0.362. The van der Waals surface area contributed by atoms with E-state index in [4.69, 9.17) is 4.74 Å². The number of rotatable bonds is 4. The van der Waals surface area contributed by atoms with Crippen molar-refractivity contribution in [2.45, 2.75) is 38.8 Å². The number of carbonyl (C=O) groups excluding carboxylic acids is 2. The second kappa shape index (κ2) is 5.83. The molecule has 0 bridgehead atoms. The van der Waals surface area contributed by atoms with Gasteiger partial charge >= 0.3 is 12.0 Å². The molecule has 1 fully saturated rings. The first-order valence-electron chi connectivity index (χ1n) is 7.66. The maximum Gasteiger partial charge on any atom is 0.338 e. The monoisotopic (exact) mass is 300 g/mol. The van der Waals surface area contributed by atoms with Gasteiger partial charge in [-0.05, 0) is 32.3 Å². The van der Waals surface area contributed by atoms with Gasteiger partial charge in [-0.2, -0.15) is 0 Å². The van der Waals surface area contributed by atoms with Gasteiger partial charge in [0.05, 0.1) is 18.2 Å². The summed E-state index contributed by atoms with van der Waals surface area (Å²) in [4.78, 5) is 26.6. The molecule has 5 nitrogen and oxygen atoms in total. The largest absolute Gasteiger partial charge is 0.463 e. The highest BCUT2D eigenvalue weighted by atomic mass is 16.5. The van der Waals surface area contributed by atoms with Crippen molar-refractivity contribution in [2.24, 2.45) is 0 Å². The minimum atomic E-state index is -0.456. The molecule has 1 heterocycles. The lowest BCUT2D eigenvalue weighted by atomic mass is 9.95. The Hall–Kier alpha value is -2.30. The van der Waals surface area contributed by atoms with Crippen molar-refractivity contribution in [1.29, 1.82) is 0 Å². The molecule has 5 heteroatoms. The van der Waals surface area contributed by atoms with Crippen LogP contribution < -0.4 is 5.32 Å². The van der Waals surface area contributed by atoms with Crippen LogP contribution in [0.15, 0.2) is 41.6 Å². The first kappa shape index (κ1) is 14.6. The number of carbonyl (C=O) groups is 2. The average molecular weight is 300 g/mol. The fourth-order valence-electron chi connectivity index (χ4n) is 2.90. The van der Waals surface area contributed by atoms with Crippen LogP contribution in [0.4, 0.5) is 4.79 Å². The third-order valence-electron chi connectivity index (χ3n) is 4.07. The zero-order valence-electron chi connectivity index (χ0n) is 12.8. The van der Waals surface area contributed by atoms with E-state index in [1.54, 1.807) is 11.8 Å². The van der Waals surface area contributed by atoms with Crippen molar-refractivity contribution in [3.63, 3.8) is 0 Å². The molecule has 1 aliphatic heterocycles. The van der Waals surface area contributed by atoms with E-state index >= 15 is 0 Å². The second-order valence-corrected chi connectivity index (χ2v) is 5.61. The highest BCUT2D eigenvalue weighted by Crippen LogP contribution is 2.37. The number of hydrogen-bond donors (Lipinski definition) is 1. The number of urea groups is 1. The molecular weight excluding hydrogens is 280 g/mol. The quantitative estimate of drug-likeness (QED) is 0.870. The number of nitrogens with zero attached hydrogens (tertiary/aromatic N) is 1. The summed E-state index contributed by atoms with van der Waals surface area (Å²) in [6, 6.07) is 9.13. The Labute approximate surface area is 129 Å². The molecule has 3 rings (SSSR count). The van der Waals surface area contributed by atoms with Crippen LogP contribution in [0.2, 0.25) is 0 Å². The lowest BCUT2D eigenvalue weighted by Crippen LogP contribution is -2.48. The van der Waals surface area contributed by atoms with Crippen molar-refractivity contribution in [3.8, 4) is 0 Å². The summed E-state index contributed by atoms with van der Waals surface area (Å²) in [5, 5.41) is 2.95.